The maximum Gasteiger partial charge on any atom is 0.239 e. The Hall–Kier alpha value is -2.61. The first-order chi connectivity index (χ1) is 17.2. The van der Waals surface area contributed by atoms with Crippen molar-refractivity contribution in [2.45, 2.75) is 82.6 Å². The van der Waals surface area contributed by atoms with Crippen molar-refractivity contribution < 1.29 is 30.0 Å². The molecule has 3 aliphatic rings. The van der Waals surface area contributed by atoms with Gasteiger partial charge in [0.05, 0.1) is 37.7 Å². The van der Waals surface area contributed by atoms with Gasteiger partial charge in [-0.05, 0) is 12.3 Å². The van der Waals surface area contributed by atoms with Crippen molar-refractivity contribution in [1.82, 2.24) is 21.3 Å². The molecule has 36 heavy (non-hydrogen) atoms. The van der Waals surface area contributed by atoms with Crippen LogP contribution in [0.3, 0.4) is 0 Å². The number of hydrogen-bond donors (Lipinski definition) is 8. The zero-order valence-corrected chi connectivity index (χ0v) is 20.9. The largest absolute Gasteiger partial charge is 0.394 e. The molecule has 13 heteroatoms. The van der Waals surface area contributed by atoms with Crippen molar-refractivity contribution in [2.75, 3.05) is 13.2 Å². The Morgan fingerprint density at radius 1 is 1.22 bits per heavy atom. The normalized spacial score (nSPS) is 33.5. The van der Waals surface area contributed by atoms with Crippen LogP contribution in [0, 0.1) is 17.8 Å². The molecular weight excluding hydrogens is 470 g/mol. The number of aliphatic hydroxyl groups is 4. The molecule has 0 saturated heterocycles. The van der Waals surface area contributed by atoms with Gasteiger partial charge in [-0.15, -0.1) is 0 Å². The highest BCUT2D eigenvalue weighted by Gasteiger charge is 2.47. The van der Waals surface area contributed by atoms with Gasteiger partial charge in [-0.1, -0.05) is 33.6 Å². The smallest absolute Gasteiger partial charge is 0.239 e. The summed E-state index contributed by atoms with van der Waals surface area (Å²) in [7, 11) is 0. The van der Waals surface area contributed by atoms with E-state index in [2.05, 4.69) is 36.2 Å². The molecule has 1 fully saturated rings. The van der Waals surface area contributed by atoms with E-state index in [4.69, 9.17) is 0 Å². The van der Waals surface area contributed by atoms with E-state index in [1.165, 1.54) is 12.7 Å². The second kappa shape index (κ2) is 12.6. The lowest BCUT2D eigenvalue weighted by Gasteiger charge is -2.45. The molecule has 10 atom stereocenters. The number of nitrogens with zero attached hydrogens (tertiary/aromatic N) is 3. The lowest BCUT2D eigenvalue weighted by molar-refractivity contribution is -0.133. The maximum atomic E-state index is 12.6. The lowest BCUT2D eigenvalue weighted by Crippen LogP contribution is -2.67. The minimum atomic E-state index is -1.45. The number of hydrogen-bond acceptors (Lipinski definition) is 11. The summed E-state index contributed by atoms with van der Waals surface area (Å²) in [5.74, 6) is -1.25. The molecule has 13 nitrogen and oxygen atoms in total. The zero-order chi connectivity index (χ0) is 26.4. The predicted molar refractivity (Wildman–Crippen MR) is 133 cm³/mol. The van der Waals surface area contributed by atoms with Crippen molar-refractivity contribution >= 4 is 30.3 Å². The summed E-state index contributed by atoms with van der Waals surface area (Å²) in [6.07, 6.45) is 0.513. The molecule has 0 spiro atoms. The van der Waals surface area contributed by atoms with Gasteiger partial charge in [-0.2, -0.15) is 0 Å². The van der Waals surface area contributed by atoms with Gasteiger partial charge in [0.15, 0.2) is 6.17 Å². The Bertz CT molecular complexity index is 868. The van der Waals surface area contributed by atoms with E-state index in [0.29, 0.717) is 5.84 Å². The van der Waals surface area contributed by atoms with Gasteiger partial charge in [0.2, 0.25) is 11.8 Å². The fourth-order valence-electron chi connectivity index (χ4n) is 4.95. The summed E-state index contributed by atoms with van der Waals surface area (Å²) in [4.78, 5) is 37.7. The van der Waals surface area contributed by atoms with Crippen LogP contribution in [0.1, 0.15) is 40.0 Å². The molecule has 3 rings (SSSR count). The fourth-order valence-corrected chi connectivity index (χ4v) is 4.95. The van der Waals surface area contributed by atoms with Crippen molar-refractivity contribution in [3.63, 3.8) is 0 Å². The van der Waals surface area contributed by atoms with E-state index in [9.17, 15) is 30.0 Å². The van der Waals surface area contributed by atoms with Crippen LogP contribution in [-0.2, 0) is 9.59 Å². The third-order valence-electron chi connectivity index (χ3n) is 7.38. The zero-order valence-electron chi connectivity index (χ0n) is 20.9. The first-order valence-corrected chi connectivity index (χ1v) is 12.5. The Kier molecular flexibility index (Phi) is 9.77. The molecule has 0 aromatic carbocycles. The van der Waals surface area contributed by atoms with E-state index in [1.54, 1.807) is 0 Å². The summed E-state index contributed by atoms with van der Waals surface area (Å²) in [6, 6.07) is -2.19. The number of carbonyl (C=O) groups is 2. The van der Waals surface area contributed by atoms with Gasteiger partial charge in [-0.3, -0.25) is 14.6 Å². The highest BCUT2D eigenvalue weighted by atomic mass is 16.3. The van der Waals surface area contributed by atoms with E-state index in [-0.39, 0.29) is 36.9 Å². The molecule has 2 amide bonds. The van der Waals surface area contributed by atoms with Crippen LogP contribution < -0.4 is 21.3 Å². The predicted octanol–water partition coefficient (Wildman–Crippen LogP) is -2.52. The van der Waals surface area contributed by atoms with Gasteiger partial charge in [0.1, 0.15) is 30.4 Å². The molecule has 8 N–H and O–H groups in total. The van der Waals surface area contributed by atoms with Crippen molar-refractivity contribution in [2.24, 2.45) is 32.7 Å². The number of aliphatic hydroxyl groups excluding tert-OH is 4. The Morgan fingerprint density at radius 2 is 1.97 bits per heavy atom. The van der Waals surface area contributed by atoms with Crippen LogP contribution in [0.15, 0.2) is 15.0 Å². The average Bonchev–Trinajstić information content (AvgIpc) is 3.36. The van der Waals surface area contributed by atoms with E-state index in [0.717, 1.165) is 12.8 Å². The van der Waals surface area contributed by atoms with Crippen molar-refractivity contribution in [3.8, 4) is 0 Å². The van der Waals surface area contributed by atoms with Crippen LogP contribution in [0.4, 0.5) is 0 Å². The molecular formula is C23H39N7O6. The summed E-state index contributed by atoms with van der Waals surface area (Å²) in [5, 5.41) is 53.1. The topological polar surface area (TPSA) is 200 Å². The van der Waals surface area contributed by atoms with Gasteiger partial charge >= 0.3 is 0 Å². The van der Waals surface area contributed by atoms with Crippen molar-refractivity contribution in [1.29, 1.82) is 0 Å². The molecule has 2 aliphatic heterocycles. The van der Waals surface area contributed by atoms with Crippen LogP contribution in [-0.4, -0.2) is 107 Å². The first kappa shape index (κ1) is 28.0. The third-order valence-corrected chi connectivity index (χ3v) is 7.38. The molecule has 0 bridgehead atoms. The number of aliphatic imine (C=N–C) groups is 3. The molecule has 2 heterocycles. The van der Waals surface area contributed by atoms with Gasteiger partial charge in [0, 0.05) is 11.8 Å². The quantitative estimate of drug-likeness (QED) is 0.158. The number of amidine groups is 1. The molecule has 202 valence electrons. The molecule has 0 aromatic rings. The Labute approximate surface area is 210 Å². The first-order valence-electron chi connectivity index (χ1n) is 12.5. The molecule has 10 unspecified atom stereocenters. The third kappa shape index (κ3) is 6.38. The lowest BCUT2D eigenvalue weighted by atomic mass is 9.75. The monoisotopic (exact) mass is 509 g/mol. The highest BCUT2D eigenvalue weighted by molar-refractivity contribution is 5.97. The fraction of sp³-hybridized carbons (Fsp3) is 0.783. The van der Waals surface area contributed by atoms with Gasteiger partial charge in [0.25, 0.3) is 0 Å². The standard InChI is InChI=1S/C23H39N7O6/c1-4-5-11(2)12(3)23(36)24-7-16(33)30-17-13(15(32)8-31)6-14(19(34)20(17)35)29-22-18-21(26-9-25-18)27-10-28-22/h9-15,17-21,31-32,34-35H,4-8H2,1-3H3,(H,24,36)(H,25,26)(H,30,33)(H,27,28,29). The Morgan fingerprint density at radius 3 is 2.67 bits per heavy atom. The second-order valence-electron chi connectivity index (χ2n) is 9.86. The maximum absolute atomic E-state index is 12.6. The number of fused-ring (bicyclic) bond motifs is 1. The number of carbonyl (C=O) groups excluding carboxylic acids is 2. The highest BCUT2D eigenvalue weighted by Crippen LogP contribution is 2.29. The number of amides is 2. The summed E-state index contributed by atoms with van der Waals surface area (Å²) < 4.78 is 0. The second-order valence-corrected chi connectivity index (χ2v) is 9.86. The summed E-state index contributed by atoms with van der Waals surface area (Å²) in [6.45, 7) is 4.94. The average molecular weight is 510 g/mol. The van der Waals surface area contributed by atoms with Crippen LogP contribution in [0.2, 0.25) is 0 Å². The Balaban J connectivity index is 1.63. The number of rotatable bonds is 10. The molecule has 0 aromatic heterocycles. The summed E-state index contributed by atoms with van der Waals surface area (Å²) >= 11 is 0. The number of nitrogens with one attached hydrogen (secondary N) is 4. The van der Waals surface area contributed by atoms with Crippen LogP contribution in [0.25, 0.3) is 0 Å². The van der Waals surface area contributed by atoms with E-state index >= 15 is 0 Å². The molecule has 0 radical (unpaired) electrons. The minimum absolute atomic E-state index is 0.119. The minimum Gasteiger partial charge on any atom is -0.394 e. The van der Waals surface area contributed by atoms with Gasteiger partial charge in [-0.25, -0.2) is 9.98 Å². The molecule has 1 saturated carbocycles. The van der Waals surface area contributed by atoms with E-state index < -0.39 is 54.9 Å². The molecule has 1 aliphatic carbocycles. The van der Waals surface area contributed by atoms with Gasteiger partial charge < -0.3 is 41.7 Å². The SMILES string of the molecule is CCCC(C)C(C)C(=O)NCC(=O)NC1C(O)C(O)C(NC2=NC=NC3NC=NC23)CC1C(O)CO. The van der Waals surface area contributed by atoms with Crippen LogP contribution in [0.5, 0.6) is 0 Å². The van der Waals surface area contributed by atoms with Crippen molar-refractivity contribution in [3.05, 3.63) is 0 Å². The summed E-state index contributed by atoms with van der Waals surface area (Å²) in [5.41, 5.74) is 0. The van der Waals surface area contributed by atoms with E-state index in [1.807, 2.05) is 20.8 Å². The van der Waals surface area contributed by atoms with Crippen LogP contribution >= 0.6 is 0 Å².